The lowest BCUT2D eigenvalue weighted by Crippen LogP contribution is -2.51. The minimum atomic E-state index is -3.72. The van der Waals surface area contributed by atoms with Gasteiger partial charge < -0.3 is 10.6 Å². The van der Waals surface area contributed by atoms with Gasteiger partial charge in [-0.15, -0.1) is 12.4 Å². The maximum Gasteiger partial charge on any atom is 0.243 e. The zero-order chi connectivity index (χ0) is 18.0. The first kappa shape index (κ1) is 21.1. The van der Waals surface area contributed by atoms with E-state index in [1.807, 2.05) is 0 Å². The predicted molar refractivity (Wildman–Crippen MR) is 98.9 cm³/mol. The van der Waals surface area contributed by atoms with Gasteiger partial charge >= 0.3 is 0 Å². The van der Waals surface area contributed by atoms with Gasteiger partial charge in [0.15, 0.2) is 0 Å². The Morgan fingerprint density at radius 3 is 2.38 bits per heavy atom. The van der Waals surface area contributed by atoms with Gasteiger partial charge in [-0.3, -0.25) is 4.79 Å². The van der Waals surface area contributed by atoms with Crippen LogP contribution in [0.25, 0.3) is 0 Å². The van der Waals surface area contributed by atoms with Crippen molar-refractivity contribution in [3.8, 4) is 0 Å². The summed E-state index contributed by atoms with van der Waals surface area (Å²) in [6, 6.07) is 4.79. The molecule has 1 amide bonds. The summed E-state index contributed by atoms with van der Waals surface area (Å²) in [7, 11) is -3.72. The number of carbonyl (C=O) groups excluding carboxylic acids is 1. The van der Waals surface area contributed by atoms with Gasteiger partial charge in [0, 0.05) is 32.2 Å². The summed E-state index contributed by atoms with van der Waals surface area (Å²) >= 11 is 0. The quantitative estimate of drug-likeness (QED) is 0.827. The molecule has 2 saturated heterocycles. The van der Waals surface area contributed by atoms with Crippen LogP contribution in [0.3, 0.4) is 0 Å². The summed E-state index contributed by atoms with van der Waals surface area (Å²) in [4.78, 5) is 14.6. The van der Waals surface area contributed by atoms with Crippen molar-refractivity contribution in [2.45, 2.75) is 36.6 Å². The van der Waals surface area contributed by atoms with Crippen LogP contribution in [-0.4, -0.2) is 55.8 Å². The van der Waals surface area contributed by atoms with Crippen LogP contribution in [0.1, 0.15) is 25.7 Å². The van der Waals surface area contributed by atoms with Crippen molar-refractivity contribution in [2.24, 2.45) is 11.7 Å². The highest BCUT2D eigenvalue weighted by molar-refractivity contribution is 7.89. The van der Waals surface area contributed by atoms with Crippen molar-refractivity contribution in [1.29, 1.82) is 0 Å². The van der Waals surface area contributed by atoms with Crippen LogP contribution in [0.2, 0.25) is 0 Å². The first-order valence-corrected chi connectivity index (χ1v) is 10.1. The van der Waals surface area contributed by atoms with Crippen LogP contribution in [0.15, 0.2) is 29.2 Å². The van der Waals surface area contributed by atoms with Crippen molar-refractivity contribution in [3.05, 3.63) is 30.1 Å². The van der Waals surface area contributed by atoms with Crippen LogP contribution in [-0.2, 0) is 14.8 Å². The number of hydrogen-bond acceptors (Lipinski definition) is 4. The normalized spacial score (nSPS) is 24.8. The third-order valence-corrected chi connectivity index (χ3v) is 6.83. The summed E-state index contributed by atoms with van der Waals surface area (Å²) in [6.07, 6.45) is 3.12. The molecule has 0 saturated carbocycles. The van der Waals surface area contributed by atoms with Crippen molar-refractivity contribution in [1.82, 2.24) is 9.21 Å². The number of amides is 1. The van der Waals surface area contributed by atoms with Gasteiger partial charge in [-0.1, -0.05) is 0 Å². The van der Waals surface area contributed by atoms with Gasteiger partial charge in [0.1, 0.15) is 5.82 Å². The Balaban J connectivity index is 0.00000243. The second kappa shape index (κ2) is 8.65. The summed E-state index contributed by atoms with van der Waals surface area (Å²) in [5.41, 5.74) is 5.95. The van der Waals surface area contributed by atoms with E-state index in [2.05, 4.69) is 0 Å². The van der Waals surface area contributed by atoms with Crippen molar-refractivity contribution in [2.75, 3.05) is 26.2 Å². The van der Waals surface area contributed by atoms with Gasteiger partial charge in [0.2, 0.25) is 15.9 Å². The number of nitrogens with zero attached hydrogens (tertiary/aromatic N) is 2. The zero-order valence-corrected chi connectivity index (χ0v) is 16.1. The topological polar surface area (TPSA) is 83.7 Å². The number of likely N-dealkylation sites (tertiary alicyclic amines) is 1. The van der Waals surface area contributed by atoms with E-state index in [0.717, 1.165) is 25.0 Å². The minimum absolute atomic E-state index is 0. The lowest BCUT2D eigenvalue weighted by Gasteiger charge is -2.37. The number of benzene rings is 1. The lowest BCUT2D eigenvalue weighted by atomic mass is 9.96. The number of rotatable bonds is 3. The lowest BCUT2D eigenvalue weighted by molar-refractivity contribution is -0.137. The fraction of sp³-hybridized carbons (Fsp3) is 0.588. The summed E-state index contributed by atoms with van der Waals surface area (Å²) in [6.45, 7) is 1.78. The molecule has 0 radical (unpaired) electrons. The Morgan fingerprint density at radius 1 is 1.08 bits per heavy atom. The molecule has 146 valence electrons. The molecule has 26 heavy (non-hydrogen) atoms. The van der Waals surface area contributed by atoms with Crippen LogP contribution in [0.5, 0.6) is 0 Å². The van der Waals surface area contributed by atoms with Crippen molar-refractivity contribution < 1.29 is 17.6 Å². The van der Waals surface area contributed by atoms with E-state index in [9.17, 15) is 17.6 Å². The Hall–Kier alpha value is -1.22. The zero-order valence-electron chi connectivity index (χ0n) is 14.5. The molecule has 6 nitrogen and oxygen atoms in total. The SMILES string of the molecule is Cl.NC1CCCN(C(=O)C2CCCN(S(=O)(=O)c3ccc(F)cc3)C2)C1. The van der Waals surface area contributed by atoms with E-state index < -0.39 is 15.8 Å². The van der Waals surface area contributed by atoms with Crippen LogP contribution < -0.4 is 5.73 Å². The molecule has 0 aliphatic carbocycles. The molecule has 2 unspecified atom stereocenters. The van der Waals surface area contributed by atoms with Gasteiger partial charge in [-0.05, 0) is 49.9 Å². The smallest absolute Gasteiger partial charge is 0.243 e. The maximum atomic E-state index is 13.1. The molecule has 2 atom stereocenters. The molecular formula is C17H25ClFN3O3S. The highest BCUT2D eigenvalue weighted by Crippen LogP contribution is 2.26. The molecule has 2 N–H and O–H groups in total. The number of nitrogens with two attached hydrogens (primary N) is 1. The summed E-state index contributed by atoms with van der Waals surface area (Å²) in [5, 5.41) is 0. The molecule has 0 spiro atoms. The first-order valence-electron chi connectivity index (χ1n) is 8.68. The molecule has 9 heteroatoms. The summed E-state index contributed by atoms with van der Waals surface area (Å²) < 4.78 is 39.9. The Labute approximate surface area is 160 Å². The number of halogens is 2. The molecule has 3 rings (SSSR count). The summed E-state index contributed by atoms with van der Waals surface area (Å²) in [5.74, 6) is -0.824. The maximum absolute atomic E-state index is 13.1. The molecule has 0 aromatic heterocycles. The molecule has 1 aromatic rings. The third kappa shape index (κ3) is 4.54. The van der Waals surface area contributed by atoms with Gasteiger partial charge in [0.25, 0.3) is 0 Å². The molecule has 2 heterocycles. The highest BCUT2D eigenvalue weighted by atomic mass is 35.5. The molecule has 2 aliphatic rings. The number of carbonyl (C=O) groups is 1. The standard InChI is InChI=1S/C17H24FN3O3S.ClH/c18-14-5-7-16(8-6-14)25(23,24)21-10-1-3-13(11-21)17(22)20-9-2-4-15(19)12-20;/h5-8,13,15H,1-4,9-12,19H2;1H. The van der Waals surface area contributed by atoms with E-state index in [1.54, 1.807) is 4.90 Å². The van der Waals surface area contributed by atoms with Gasteiger partial charge in [-0.25, -0.2) is 12.8 Å². The first-order chi connectivity index (χ1) is 11.9. The Kier molecular flexibility index (Phi) is 7.01. The third-order valence-electron chi connectivity index (χ3n) is 4.95. The van der Waals surface area contributed by atoms with E-state index >= 15 is 0 Å². The van der Waals surface area contributed by atoms with E-state index in [-0.39, 0.29) is 41.7 Å². The fourth-order valence-corrected chi connectivity index (χ4v) is 5.11. The van der Waals surface area contributed by atoms with Crippen LogP contribution in [0, 0.1) is 11.7 Å². The number of piperidine rings is 2. The number of hydrogen-bond donors (Lipinski definition) is 1. The second-order valence-electron chi connectivity index (χ2n) is 6.84. The molecular weight excluding hydrogens is 381 g/mol. The van der Waals surface area contributed by atoms with Crippen LogP contribution >= 0.6 is 12.4 Å². The Bertz CT molecular complexity index is 729. The molecule has 2 aliphatic heterocycles. The van der Waals surface area contributed by atoms with Crippen molar-refractivity contribution >= 4 is 28.3 Å². The number of sulfonamides is 1. The van der Waals surface area contributed by atoms with Crippen molar-refractivity contribution in [3.63, 3.8) is 0 Å². The van der Waals surface area contributed by atoms with E-state index in [0.29, 0.717) is 32.5 Å². The van der Waals surface area contributed by atoms with Gasteiger partial charge in [-0.2, -0.15) is 4.31 Å². The monoisotopic (exact) mass is 405 g/mol. The minimum Gasteiger partial charge on any atom is -0.341 e. The molecule has 2 fully saturated rings. The highest BCUT2D eigenvalue weighted by Gasteiger charge is 2.35. The Morgan fingerprint density at radius 2 is 1.73 bits per heavy atom. The largest absolute Gasteiger partial charge is 0.341 e. The molecule has 1 aromatic carbocycles. The average molecular weight is 406 g/mol. The predicted octanol–water partition coefficient (Wildman–Crippen LogP) is 1.60. The van der Waals surface area contributed by atoms with Gasteiger partial charge in [0.05, 0.1) is 10.8 Å². The van der Waals surface area contributed by atoms with Crippen LogP contribution in [0.4, 0.5) is 4.39 Å². The van der Waals surface area contributed by atoms with E-state index in [4.69, 9.17) is 5.73 Å². The van der Waals surface area contributed by atoms with E-state index in [1.165, 1.54) is 16.4 Å². The average Bonchev–Trinajstić information content (AvgIpc) is 2.61. The second-order valence-corrected chi connectivity index (χ2v) is 8.78. The molecule has 0 bridgehead atoms. The fourth-order valence-electron chi connectivity index (χ4n) is 3.59.